The van der Waals surface area contributed by atoms with Crippen LogP contribution < -0.4 is 21.7 Å². The number of nitrogens with two attached hydrogens (primary N) is 1. The lowest BCUT2D eigenvalue weighted by molar-refractivity contribution is -0.137. The van der Waals surface area contributed by atoms with E-state index in [1.165, 1.54) is 43.0 Å². The average molecular weight is 547 g/mol. The van der Waals surface area contributed by atoms with Gasteiger partial charge in [0.05, 0.1) is 22.4 Å². The van der Waals surface area contributed by atoms with Crippen LogP contribution in [0.3, 0.4) is 0 Å². The summed E-state index contributed by atoms with van der Waals surface area (Å²) in [5, 5.41) is 11.1. The minimum atomic E-state index is -4.72. The lowest BCUT2D eigenvalue weighted by Gasteiger charge is -2.22. The second-order valence-corrected chi connectivity index (χ2v) is 9.18. The number of amides is 3. The van der Waals surface area contributed by atoms with Crippen molar-refractivity contribution < 1.29 is 31.5 Å². The van der Waals surface area contributed by atoms with Crippen molar-refractivity contribution in [1.82, 2.24) is 19.9 Å². The molecule has 2 aromatic carbocycles. The summed E-state index contributed by atoms with van der Waals surface area (Å²) in [7, 11) is 0. The summed E-state index contributed by atoms with van der Waals surface area (Å²) in [5.74, 6) is -1.55. The minimum absolute atomic E-state index is 0.0773. The third-order valence-electron chi connectivity index (χ3n) is 5.61. The molecule has 4 aromatic rings. The molecule has 0 aliphatic heterocycles. The van der Waals surface area contributed by atoms with Gasteiger partial charge in [0.15, 0.2) is 5.82 Å². The molecule has 4 rings (SSSR count). The van der Waals surface area contributed by atoms with Crippen LogP contribution in [0.2, 0.25) is 0 Å². The van der Waals surface area contributed by atoms with Gasteiger partial charge in [0.1, 0.15) is 24.3 Å². The lowest BCUT2D eigenvalue weighted by Crippen LogP contribution is -2.45. The van der Waals surface area contributed by atoms with E-state index in [9.17, 15) is 31.5 Å². The van der Waals surface area contributed by atoms with Crippen molar-refractivity contribution in [3.05, 3.63) is 71.9 Å². The molecule has 0 bridgehead atoms. The van der Waals surface area contributed by atoms with Crippen molar-refractivity contribution >= 4 is 34.6 Å². The number of halogens is 5. The number of fused-ring (bicyclic) bond motifs is 1. The molecule has 14 heteroatoms. The van der Waals surface area contributed by atoms with Gasteiger partial charge < -0.3 is 21.7 Å². The van der Waals surface area contributed by atoms with Gasteiger partial charge in [0.2, 0.25) is 0 Å². The molecule has 5 N–H and O–H groups in total. The number of aromatic nitrogens is 3. The highest BCUT2D eigenvalue weighted by Crippen LogP contribution is 2.34. The van der Waals surface area contributed by atoms with E-state index in [-0.39, 0.29) is 17.1 Å². The van der Waals surface area contributed by atoms with Crippen molar-refractivity contribution in [1.29, 1.82) is 0 Å². The minimum Gasteiger partial charge on any atom is -0.382 e. The van der Waals surface area contributed by atoms with E-state index >= 15 is 0 Å². The van der Waals surface area contributed by atoms with E-state index in [2.05, 4.69) is 26.0 Å². The third kappa shape index (κ3) is 5.89. The topological polar surface area (TPSA) is 126 Å². The highest BCUT2D eigenvalue weighted by Gasteiger charge is 2.31. The maximum absolute atomic E-state index is 14.0. The number of rotatable bonds is 6. The lowest BCUT2D eigenvalue weighted by atomic mass is 10.0. The Labute approximate surface area is 218 Å². The summed E-state index contributed by atoms with van der Waals surface area (Å²) in [6, 6.07) is 6.66. The van der Waals surface area contributed by atoms with Crippen LogP contribution in [0.4, 0.5) is 43.9 Å². The fourth-order valence-electron chi connectivity index (χ4n) is 3.71. The smallest absolute Gasteiger partial charge is 0.382 e. The molecule has 0 atom stereocenters. The van der Waals surface area contributed by atoms with E-state index in [1.54, 1.807) is 12.1 Å². The van der Waals surface area contributed by atoms with Gasteiger partial charge in [-0.25, -0.2) is 23.1 Å². The molecule has 2 heterocycles. The number of nitrogens with zero attached hydrogens (tertiary/aromatic N) is 3. The Morgan fingerprint density at radius 2 is 1.74 bits per heavy atom. The molecule has 0 spiro atoms. The summed E-state index contributed by atoms with van der Waals surface area (Å²) in [6.07, 6.45) is -2.08. The first kappa shape index (κ1) is 27.3. The zero-order valence-corrected chi connectivity index (χ0v) is 20.5. The SMILES string of the molecule is CC(C)(CF)NC(=O)c1cn2ncnc(N)c2c1-c1ccc(NC(=O)Nc2cc(C(F)(F)F)ccc2F)cc1. The fourth-order valence-corrected chi connectivity index (χ4v) is 3.71. The third-order valence-corrected chi connectivity index (χ3v) is 5.61. The molecule has 0 saturated heterocycles. The van der Waals surface area contributed by atoms with Crippen molar-refractivity contribution in [3.63, 3.8) is 0 Å². The quantitative estimate of drug-likeness (QED) is 0.245. The van der Waals surface area contributed by atoms with Crippen LogP contribution in [0.1, 0.15) is 29.8 Å². The van der Waals surface area contributed by atoms with Crippen molar-refractivity contribution in [2.24, 2.45) is 0 Å². The van der Waals surface area contributed by atoms with Gasteiger partial charge in [0, 0.05) is 17.4 Å². The second-order valence-electron chi connectivity index (χ2n) is 9.18. The van der Waals surface area contributed by atoms with Crippen LogP contribution in [0.25, 0.3) is 16.6 Å². The number of anilines is 3. The van der Waals surface area contributed by atoms with E-state index in [0.717, 1.165) is 0 Å². The molecule has 0 fully saturated rings. The Balaban J connectivity index is 1.61. The van der Waals surface area contributed by atoms with Crippen molar-refractivity contribution in [2.75, 3.05) is 23.0 Å². The number of nitrogens with one attached hydrogen (secondary N) is 3. The Bertz CT molecular complexity index is 1550. The predicted octanol–water partition coefficient (Wildman–Crippen LogP) is 5.26. The molecule has 0 radical (unpaired) electrons. The van der Waals surface area contributed by atoms with E-state index in [1.807, 2.05) is 0 Å². The van der Waals surface area contributed by atoms with E-state index in [0.29, 0.717) is 34.8 Å². The van der Waals surface area contributed by atoms with Crippen LogP contribution in [0.5, 0.6) is 0 Å². The Kier molecular flexibility index (Phi) is 7.13. The number of carbonyl (C=O) groups is 2. The summed E-state index contributed by atoms with van der Waals surface area (Å²) < 4.78 is 67.5. The number of alkyl halides is 4. The molecule has 9 nitrogen and oxygen atoms in total. The first-order valence-electron chi connectivity index (χ1n) is 11.3. The normalized spacial score (nSPS) is 11.9. The molecule has 3 amide bonds. The maximum atomic E-state index is 14.0. The highest BCUT2D eigenvalue weighted by atomic mass is 19.4. The first-order chi connectivity index (χ1) is 18.3. The fraction of sp³-hybridized carbons (Fsp3) is 0.200. The number of hydrogen-bond donors (Lipinski definition) is 4. The van der Waals surface area contributed by atoms with Crippen molar-refractivity contribution in [2.45, 2.75) is 25.6 Å². The van der Waals surface area contributed by atoms with Crippen LogP contribution in [0.15, 0.2) is 55.0 Å². The van der Waals surface area contributed by atoms with Crippen LogP contribution >= 0.6 is 0 Å². The van der Waals surface area contributed by atoms with Crippen LogP contribution in [-0.4, -0.2) is 38.7 Å². The van der Waals surface area contributed by atoms with Gasteiger partial charge in [0.25, 0.3) is 5.91 Å². The van der Waals surface area contributed by atoms with Gasteiger partial charge in [-0.15, -0.1) is 0 Å². The monoisotopic (exact) mass is 547 g/mol. The standard InChI is InChI=1S/C25H22F5N7O2/c1-24(2,11-26)36-22(38)16-10-37-20(21(31)32-12-33-37)19(16)13-3-6-15(7-4-13)34-23(39)35-18-9-14(25(28,29)30)5-8-17(18)27/h3-10,12H,11H2,1-2H3,(H,36,38)(H2,31,32,33)(H2,34,35,39). The maximum Gasteiger partial charge on any atom is 0.416 e. The summed E-state index contributed by atoms with van der Waals surface area (Å²) in [6.45, 7) is 2.23. The van der Waals surface area contributed by atoms with Gasteiger partial charge >= 0.3 is 12.2 Å². The number of nitrogen functional groups attached to an aromatic ring is 1. The zero-order valence-electron chi connectivity index (χ0n) is 20.5. The van der Waals surface area contributed by atoms with Crippen molar-refractivity contribution in [3.8, 4) is 11.1 Å². The number of urea groups is 1. The van der Waals surface area contributed by atoms with E-state index in [4.69, 9.17) is 5.73 Å². The summed E-state index contributed by atoms with van der Waals surface area (Å²) in [5.41, 5.74) is 4.62. The molecule has 0 aliphatic rings. The van der Waals surface area contributed by atoms with Crippen LogP contribution in [-0.2, 0) is 6.18 Å². The highest BCUT2D eigenvalue weighted by molar-refractivity contribution is 6.07. The van der Waals surface area contributed by atoms with Gasteiger partial charge in [-0.3, -0.25) is 4.79 Å². The molecule has 0 unspecified atom stereocenters. The average Bonchev–Trinajstić information content (AvgIpc) is 3.26. The Hall–Kier alpha value is -4.75. The molecular weight excluding hydrogens is 525 g/mol. The van der Waals surface area contributed by atoms with Crippen LogP contribution in [0, 0.1) is 5.82 Å². The first-order valence-corrected chi connectivity index (χ1v) is 11.3. The molecule has 0 aliphatic carbocycles. The number of benzene rings is 2. The molecule has 204 valence electrons. The number of carbonyl (C=O) groups excluding carboxylic acids is 2. The summed E-state index contributed by atoms with van der Waals surface area (Å²) >= 11 is 0. The largest absolute Gasteiger partial charge is 0.416 e. The summed E-state index contributed by atoms with van der Waals surface area (Å²) in [4.78, 5) is 29.4. The second kappa shape index (κ2) is 10.2. The van der Waals surface area contributed by atoms with Gasteiger partial charge in [-0.1, -0.05) is 12.1 Å². The molecule has 39 heavy (non-hydrogen) atoms. The molecule has 2 aromatic heterocycles. The Morgan fingerprint density at radius 3 is 2.38 bits per heavy atom. The predicted molar refractivity (Wildman–Crippen MR) is 134 cm³/mol. The van der Waals surface area contributed by atoms with Gasteiger partial charge in [-0.05, 0) is 49.7 Å². The zero-order chi connectivity index (χ0) is 28.5. The van der Waals surface area contributed by atoms with E-state index < -0.39 is 47.4 Å². The molecular formula is C25H22F5N7O2. The van der Waals surface area contributed by atoms with Gasteiger partial charge in [-0.2, -0.15) is 18.3 Å². The molecule has 0 saturated carbocycles. The Morgan fingerprint density at radius 1 is 1.05 bits per heavy atom. The number of hydrogen-bond acceptors (Lipinski definition) is 5.